The van der Waals surface area contributed by atoms with E-state index < -0.39 is 22.6 Å². The third-order valence-corrected chi connectivity index (χ3v) is 4.16. The fourth-order valence-electron chi connectivity index (χ4n) is 2.96. The number of alkyl halides is 3. The van der Waals surface area contributed by atoms with E-state index in [2.05, 4.69) is 5.10 Å². The zero-order valence-electron chi connectivity index (χ0n) is 14.7. The van der Waals surface area contributed by atoms with Gasteiger partial charge in [-0.3, -0.25) is 29.8 Å². The van der Waals surface area contributed by atoms with Crippen LogP contribution in [0.1, 0.15) is 5.56 Å². The third-order valence-electron chi connectivity index (χ3n) is 4.16. The van der Waals surface area contributed by atoms with E-state index >= 15 is 0 Å². The number of hydrogen-bond acceptors (Lipinski definition) is 6. The minimum atomic E-state index is -4.54. The van der Waals surface area contributed by atoms with Crippen LogP contribution in [0.4, 0.5) is 24.5 Å². The maximum absolute atomic E-state index is 13.1. The Kier molecular flexibility index (Phi) is 5.46. The predicted octanol–water partition coefficient (Wildman–Crippen LogP) is 3.87. The molecule has 29 heavy (non-hydrogen) atoms. The van der Waals surface area contributed by atoms with Gasteiger partial charge in [0.1, 0.15) is 0 Å². The van der Waals surface area contributed by atoms with E-state index in [0.717, 1.165) is 4.90 Å². The number of nitro groups is 2. The fourth-order valence-corrected chi connectivity index (χ4v) is 2.96. The molecule has 0 fully saturated rings. The van der Waals surface area contributed by atoms with Gasteiger partial charge in [-0.15, -0.1) is 0 Å². The molecule has 0 saturated heterocycles. The van der Waals surface area contributed by atoms with Crippen LogP contribution in [-0.4, -0.2) is 37.2 Å². The van der Waals surface area contributed by atoms with Crippen molar-refractivity contribution in [2.24, 2.45) is 0 Å². The summed E-state index contributed by atoms with van der Waals surface area (Å²) in [6.45, 7) is -1.95. The number of benzene rings is 2. The normalized spacial score (nSPS) is 11.9. The molecule has 0 aliphatic rings. The lowest BCUT2D eigenvalue weighted by atomic mass is 10.1. The van der Waals surface area contributed by atoms with E-state index in [-0.39, 0.29) is 30.2 Å². The summed E-state index contributed by atoms with van der Waals surface area (Å²) in [5, 5.41) is 26.4. The van der Waals surface area contributed by atoms with E-state index in [9.17, 15) is 33.4 Å². The number of nitrogens with zero attached hydrogens (tertiary/aromatic N) is 5. The number of fused-ring (bicyclic) bond motifs is 1. The van der Waals surface area contributed by atoms with Gasteiger partial charge >= 0.3 is 6.18 Å². The van der Waals surface area contributed by atoms with Crippen molar-refractivity contribution in [2.45, 2.75) is 19.4 Å². The van der Waals surface area contributed by atoms with E-state index in [4.69, 9.17) is 0 Å². The molecule has 0 aliphatic heterocycles. The number of non-ortho nitro benzene ring substituents is 1. The van der Waals surface area contributed by atoms with Crippen LogP contribution in [0.25, 0.3) is 10.9 Å². The molecule has 0 amide bonds. The van der Waals surface area contributed by atoms with E-state index in [1.54, 1.807) is 0 Å². The van der Waals surface area contributed by atoms with Crippen LogP contribution in [0.2, 0.25) is 0 Å². The lowest BCUT2D eigenvalue weighted by Gasteiger charge is -2.24. The van der Waals surface area contributed by atoms with Gasteiger partial charge in [-0.2, -0.15) is 18.3 Å². The summed E-state index contributed by atoms with van der Waals surface area (Å²) in [5.74, 6) is 0. The summed E-state index contributed by atoms with van der Waals surface area (Å²) in [6, 6.07) is 9.47. The maximum atomic E-state index is 13.1. The first kappa shape index (κ1) is 20.2. The Morgan fingerprint density at radius 1 is 1.07 bits per heavy atom. The van der Waals surface area contributed by atoms with Gasteiger partial charge in [-0.1, -0.05) is 18.2 Å². The van der Waals surface area contributed by atoms with Crippen LogP contribution in [0.15, 0.2) is 48.7 Å². The van der Waals surface area contributed by atoms with Crippen LogP contribution in [0, 0.1) is 20.2 Å². The summed E-state index contributed by atoms with van der Waals surface area (Å²) < 4.78 is 40.5. The molecule has 152 valence electrons. The van der Waals surface area contributed by atoms with Gasteiger partial charge in [-0.05, 0) is 6.07 Å². The Balaban J connectivity index is 1.91. The zero-order chi connectivity index (χ0) is 21.2. The van der Waals surface area contributed by atoms with Crippen LogP contribution >= 0.6 is 0 Å². The molecule has 2 aromatic carbocycles. The lowest BCUT2D eigenvalue weighted by molar-refractivity contribution is -0.385. The first-order valence-corrected chi connectivity index (χ1v) is 8.25. The monoisotopic (exact) mass is 409 g/mol. The van der Waals surface area contributed by atoms with Crippen LogP contribution in [-0.2, 0) is 13.2 Å². The number of nitro benzene ring substituents is 2. The highest BCUT2D eigenvalue weighted by Gasteiger charge is 2.32. The Bertz CT molecular complexity index is 1070. The first-order valence-electron chi connectivity index (χ1n) is 8.25. The minimum absolute atomic E-state index is 0.133. The van der Waals surface area contributed by atoms with Crippen molar-refractivity contribution in [1.82, 2.24) is 14.7 Å². The predicted molar refractivity (Wildman–Crippen MR) is 95.9 cm³/mol. The first-order chi connectivity index (χ1) is 13.6. The van der Waals surface area contributed by atoms with Gasteiger partial charge in [-0.25, -0.2) is 0 Å². The highest BCUT2D eigenvalue weighted by Crippen LogP contribution is 2.25. The van der Waals surface area contributed by atoms with Crippen molar-refractivity contribution in [3.8, 4) is 0 Å². The molecule has 3 aromatic rings. The van der Waals surface area contributed by atoms with Crippen molar-refractivity contribution in [2.75, 3.05) is 6.54 Å². The van der Waals surface area contributed by atoms with Gasteiger partial charge in [0.25, 0.3) is 11.4 Å². The van der Waals surface area contributed by atoms with Crippen molar-refractivity contribution < 1.29 is 23.0 Å². The molecule has 1 heterocycles. The number of hydrogen-bond donors (Lipinski definition) is 0. The third kappa shape index (κ3) is 4.85. The molecule has 9 nitrogen and oxygen atoms in total. The summed E-state index contributed by atoms with van der Waals surface area (Å²) in [4.78, 5) is 21.8. The van der Waals surface area contributed by atoms with E-state index in [1.807, 2.05) is 0 Å². The largest absolute Gasteiger partial charge is 0.401 e. The van der Waals surface area contributed by atoms with Gasteiger partial charge < -0.3 is 0 Å². The highest BCUT2D eigenvalue weighted by atomic mass is 19.4. The van der Waals surface area contributed by atoms with Crippen LogP contribution in [0.5, 0.6) is 0 Å². The summed E-state index contributed by atoms with van der Waals surface area (Å²) >= 11 is 0. The maximum Gasteiger partial charge on any atom is 0.401 e. The van der Waals surface area contributed by atoms with Gasteiger partial charge in [0.05, 0.1) is 34.8 Å². The van der Waals surface area contributed by atoms with Crippen molar-refractivity contribution in [3.63, 3.8) is 0 Å². The molecule has 3 rings (SSSR count). The number of para-hydroxylation sites is 1. The summed E-state index contributed by atoms with van der Waals surface area (Å²) in [5.41, 5.74) is 0.101. The summed E-state index contributed by atoms with van der Waals surface area (Å²) in [7, 11) is 0. The number of aromatic nitrogens is 2. The molecule has 0 N–H and O–H groups in total. The molecule has 0 aliphatic carbocycles. The molecule has 1 aromatic heterocycles. The highest BCUT2D eigenvalue weighted by molar-refractivity contribution is 5.81. The van der Waals surface area contributed by atoms with E-state index in [0.29, 0.717) is 10.9 Å². The Morgan fingerprint density at radius 3 is 2.45 bits per heavy atom. The van der Waals surface area contributed by atoms with Crippen molar-refractivity contribution in [1.29, 1.82) is 0 Å². The topological polar surface area (TPSA) is 107 Å². The number of rotatable bonds is 7. The minimum Gasteiger partial charge on any atom is -0.271 e. The molecule has 0 bridgehead atoms. The molecule has 0 spiro atoms. The fraction of sp³-hybridized carbons (Fsp3) is 0.235. The van der Waals surface area contributed by atoms with Gasteiger partial charge in [0, 0.05) is 35.7 Å². The van der Waals surface area contributed by atoms with Crippen molar-refractivity contribution >= 4 is 22.3 Å². The second-order valence-electron chi connectivity index (χ2n) is 6.27. The molecular weight excluding hydrogens is 395 g/mol. The van der Waals surface area contributed by atoms with E-state index in [1.165, 1.54) is 53.3 Å². The molecular formula is C17H14F3N5O4. The number of halogens is 3. The van der Waals surface area contributed by atoms with Crippen molar-refractivity contribution in [3.05, 3.63) is 74.5 Å². The summed E-state index contributed by atoms with van der Waals surface area (Å²) in [6.07, 6.45) is -3.22. The second-order valence-corrected chi connectivity index (χ2v) is 6.27. The average Bonchev–Trinajstić information content (AvgIpc) is 3.02. The van der Waals surface area contributed by atoms with Gasteiger partial charge in [0.2, 0.25) is 0 Å². The lowest BCUT2D eigenvalue weighted by Crippen LogP contribution is -2.35. The van der Waals surface area contributed by atoms with Crippen LogP contribution in [0.3, 0.4) is 0 Å². The second kappa shape index (κ2) is 7.83. The smallest absolute Gasteiger partial charge is 0.271 e. The molecule has 0 unspecified atom stereocenters. The Morgan fingerprint density at radius 2 is 1.79 bits per heavy atom. The molecule has 12 heteroatoms. The SMILES string of the molecule is O=[N+]([O-])c1ccc2c(cnn2CN(Cc2ccccc2[N+](=O)[O-])CC(F)(F)F)c1. The molecule has 0 saturated carbocycles. The van der Waals surface area contributed by atoms with Gasteiger partial charge in [0.15, 0.2) is 0 Å². The average molecular weight is 409 g/mol. The standard InChI is InChI=1S/C17H14F3N5O4/c18-17(19,20)10-22(9-12-3-1-2-4-16(12)25(28)29)11-23-15-6-5-14(24(26)27)7-13(15)8-21-23/h1-8H,9-11H2. The molecule has 0 atom stereocenters. The quantitative estimate of drug-likeness (QED) is 0.433. The Hall–Kier alpha value is -3.54. The Labute approximate surface area is 161 Å². The molecule has 0 radical (unpaired) electrons. The van der Waals surface area contributed by atoms with Crippen LogP contribution < -0.4 is 0 Å². The zero-order valence-corrected chi connectivity index (χ0v) is 14.7.